The van der Waals surface area contributed by atoms with E-state index in [-0.39, 0.29) is 11.7 Å². The molecular weight excluding hydrogens is 318 g/mol. The lowest BCUT2D eigenvalue weighted by molar-refractivity contribution is 0.0938. The topological polar surface area (TPSA) is 81.4 Å². The average molecular weight is 337 g/mol. The van der Waals surface area contributed by atoms with E-state index >= 15 is 0 Å². The Balaban J connectivity index is 1.47. The van der Waals surface area contributed by atoms with Gasteiger partial charge in [0, 0.05) is 24.0 Å². The number of rotatable bonds is 5. The summed E-state index contributed by atoms with van der Waals surface area (Å²) in [6, 6.07) is 9.59. The highest BCUT2D eigenvalue weighted by Crippen LogP contribution is 2.27. The van der Waals surface area contributed by atoms with Crippen LogP contribution in [0.1, 0.15) is 41.1 Å². The van der Waals surface area contributed by atoms with Crippen LogP contribution in [0.25, 0.3) is 5.78 Å². The van der Waals surface area contributed by atoms with Crippen LogP contribution >= 0.6 is 0 Å². The summed E-state index contributed by atoms with van der Waals surface area (Å²) in [6.07, 6.45) is 5.35. The molecule has 2 heterocycles. The largest absolute Gasteiger partial charge is 0.490 e. The van der Waals surface area contributed by atoms with Gasteiger partial charge in [0.05, 0.1) is 6.10 Å². The molecule has 1 aliphatic rings. The second-order valence-corrected chi connectivity index (χ2v) is 6.19. The molecule has 7 nitrogen and oxygen atoms in total. The zero-order chi connectivity index (χ0) is 17.2. The Bertz CT molecular complexity index is 917. The lowest BCUT2D eigenvalue weighted by atomic mass is 9.96. The minimum absolute atomic E-state index is 0.110. The predicted octanol–water partition coefficient (Wildman–Crippen LogP) is 2.29. The third-order valence-corrected chi connectivity index (χ3v) is 4.39. The van der Waals surface area contributed by atoms with Crippen LogP contribution in [-0.4, -0.2) is 31.6 Å². The number of amides is 1. The van der Waals surface area contributed by atoms with Gasteiger partial charge in [-0.1, -0.05) is 18.2 Å². The summed E-state index contributed by atoms with van der Waals surface area (Å²) in [5, 5.41) is 7.08. The number of fused-ring (bicyclic) bond motifs is 1. The van der Waals surface area contributed by atoms with Gasteiger partial charge in [0.2, 0.25) is 5.82 Å². The molecule has 1 saturated carbocycles. The molecular formula is C18H19N5O2. The molecule has 0 unspecified atom stereocenters. The third kappa shape index (κ3) is 3.17. The van der Waals surface area contributed by atoms with Gasteiger partial charge in [-0.05, 0) is 38.3 Å². The lowest BCUT2D eigenvalue weighted by Crippen LogP contribution is -2.27. The molecule has 1 amide bonds. The Kier molecular flexibility index (Phi) is 4.05. The smallest absolute Gasteiger partial charge is 0.291 e. The Hall–Kier alpha value is -2.96. The number of nitrogens with one attached hydrogen (secondary N) is 1. The Morgan fingerprint density at radius 3 is 2.92 bits per heavy atom. The highest BCUT2D eigenvalue weighted by Gasteiger charge is 2.20. The quantitative estimate of drug-likeness (QED) is 0.772. The highest BCUT2D eigenvalue weighted by atomic mass is 16.5. The minimum atomic E-state index is -0.330. The fourth-order valence-electron chi connectivity index (χ4n) is 2.69. The lowest BCUT2D eigenvalue weighted by Gasteiger charge is -2.27. The molecule has 1 fully saturated rings. The van der Waals surface area contributed by atoms with Crippen molar-refractivity contribution in [2.75, 3.05) is 0 Å². The molecule has 0 atom stereocenters. The first kappa shape index (κ1) is 15.6. The first-order chi connectivity index (χ1) is 12.2. The van der Waals surface area contributed by atoms with Crippen LogP contribution in [0.2, 0.25) is 0 Å². The van der Waals surface area contributed by atoms with Crippen LogP contribution in [0.4, 0.5) is 0 Å². The van der Waals surface area contributed by atoms with E-state index in [9.17, 15) is 4.79 Å². The maximum atomic E-state index is 12.4. The number of hydrogen-bond donors (Lipinski definition) is 1. The predicted molar refractivity (Wildman–Crippen MR) is 91.4 cm³/mol. The van der Waals surface area contributed by atoms with Crippen LogP contribution in [0.5, 0.6) is 5.75 Å². The minimum Gasteiger partial charge on any atom is -0.490 e. The van der Waals surface area contributed by atoms with Crippen molar-refractivity contribution in [3.63, 3.8) is 0 Å². The maximum Gasteiger partial charge on any atom is 0.291 e. The molecule has 0 aliphatic heterocycles. The van der Waals surface area contributed by atoms with Gasteiger partial charge in [-0.25, -0.2) is 9.50 Å². The standard InChI is InChI=1S/C18H19N5O2/c1-12-9-10-19-18-21-16(22-23(12)18)17(24)20-11-13-5-2-3-8-15(13)25-14-6-4-7-14/h2-3,5,8-10,14H,4,6-7,11H2,1H3,(H,20,24). The van der Waals surface area contributed by atoms with Crippen molar-refractivity contribution >= 4 is 11.7 Å². The fraction of sp³-hybridized carbons (Fsp3) is 0.333. The van der Waals surface area contributed by atoms with E-state index in [0.29, 0.717) is 18.4 Å². The normalized spacial score (nSPS) is 14.3. The number of nitrogens with zero attached hydrogens (tertiary/aromatic N) is 4. The third-order valence-electron chi connectivity index (χ3n) is 4.39. The highest BCUT2D eigenvalue weighted by molar-refractivity contribution is 5.90. The number of carbonyl (C=O) groups is 1. The molecule has 3 aromatic rings. The van der Waals surface area contributed by atoms with Crippen molar-refractivity contribution in [3.05, 3.63) is 53.6 Å². The molecule has 25 heavy (non-hydrogen) atoms. The number of carbonyl (C=O) groups excluding carboxylic acids is 1. The summed E-state index contributed by atoms with van der Waals surface area (Å²) in [5.41, 5.74) is 1.82. The van der Waals surface area contributed by atoms with Gasteiger partial charge in [-0.15, -0.1) is 5.10 Å². The summed E-state index contributed by atoms with van der Waals surface area (Å²) < 4.78 is 7.54. The summed E-state index contributed by atoms with van der Waals surface area (Å²) in [4.78, 5) is 20.7. The van der Waals surface area contributed by atoms with Crippen molar-refractivity contribution in [1.82, 2.24) is 24.9 Å². The van der Waals surface area contributed by atoms with E-state index in [4.69, 9.17) is 4.74 Å². The number of benzene rings is 1. The fourth-order valence-corrected chi connectivity index (χ4v) is 2.69. The Morgan fingerprint density at radius 1 is 1.32 bits per heavy atom. The Morgan fingerprint density at radius 2 is 2.16 bits per heavy atom. The van der Waals surface area contributed by atoms with E-state index in [0.717, 1.165) is 29.8 Å². The number of aromatic nitrogens is 4. The number of para-hydroxylation sites is 1. The average Bonchev–Trinajstić information content (AvgIpc) is 3.02. The molecule has 0 bridgehead atoms. The molecule has 128 valence electrons. The molecule has 7 heteroatoms. The van der Waals surface area contributed by atoms with Crippen molar-refractivity contribution in [1.29, 1.82) is 0 Å². The van der Waals surface area contributed by atoms with Crippen LogP contribution in [0, 0.1) is 6.92 Å². The summed E-state index contributed by atoms with van der Waals surface area (Å²) in [5.74, 6) is 1.02. The number of aryl methyl sites for hydroxylation is 1. The first-order valence-electron chi connectivity index (χ1n) is 8.42. The molecule has 0 saturated heterocycles. The number of hydrogen-bond acceptors (Lipinski definition) is 5. The van der Waals surface area contributed by atoms with Gasteiger partial charge in [0.1, 0.15) is 5.75 Å². The second-order valence-electron chi connectivity index (χ2n) is 6.19. The molecule has 1 aromatic carbocycles. The molecule has 2 aromatic heterocycles. The van der Waals surface area contributed by atoms with Gasteiger partial charge in [0.25, 0.3) is 11.7 Å². The molecule has 1 N–H and O–H groups in total. The van der Waals surface area contributed by atoms with Gasteiger partial charge >= 0.3 is 0 Å². The van der Waals surface area contributed by atoms with Crippen LogP contribution in [0.3, 0.4) is 0 Å². The first-order valence-corrected chi connectivity index (χ1v) is 8.42. The van der Waals surface area contributed by atoms with Crippen molar-refractivity contribution < 1.29 is 9.53 Å². The van der Waals surface area contributed by atoms with E-state index < -0.39 is 0 Å². The van der Waals surface area contributed by atoms with Gasteiger partial charge in [0.15, 0.2) is 0 Å². The zero-order valence-corrected chi connectivity index (χ0v) is 14.0. The maximum absolute atomic E-state index is 12.4. The monoisotopic (exact) mass is 337 g/mol. The van der Waals surface area contributed by atoms with Crippen molar-refractivity contribution in [3.8, 4) is 5.75 Å². The molecule has 1 aliphatic carbocycles. The van der Waals surface area contributed by atoms with E-state index in [2.05, 4.69) is 20.4 Å². The summed E-state index contributed by atoms with van der Waals surface area (Å²) >= 11 is 0. The van der Waals surface area contributed by atoms with Gasteiger partial charge < -0.3 is 10.1 Å². The Labute approximate surface area is 145 Å². The van der Waals surface area contributed by atoms with Crippen molar-refractivity contribution in [2.24, 2.45) is 0 Å². The van der Waals surface area contributed by atoms with Gasteiger partial charge in [-0.3, -0.25) is 4.79 Å². The molecule has 0 spiro atoms. The molecule has 0 radical (unpaired) electrons. The van der Waals surface area contributed by atoms with Crippen LogP contribution in [0.15, 0.2) is 36.5 Å². The number of ether oxygens (including phenoxy) is 1. The van der Waals surface area contributed by atoms with Crippen LogP contribution in [-0.2, 0) is 6.54 Å². The molecule has 4 rings (SSSR count). The van der Waals surface area contributed by atoms with E-state index in [1.165, 1.54) is 6.42 Å². The second kappa shape index (κ2) is 6.51. The van der Waals surface area contributed by atoms with Crippen LogP contribution < -0.4 is 10.1 Å². The summed E-state index contributed by atoms with van der Waals surface area (Å²) in [6.45, 7) is 2.25. The SMILES string of the molecule is Cc1ccnc2nc(C(=O)NCc3ccccc3OC3CCC3)nn12. The summed E-state index contributed by atoms with van der Waals surface area (Å²) in [7, 11) is 0. The van der Waals surface area contributed by atoms with Crippen molar-refractivity contribution in [2.45, 2.75) is 38.8 Å². The van der Waals surface area contributed by atoms with E-state index in [1.54, 1.807) is 10.7 Å². The zero-order valence-electron chi connectivity index (χ0n) is 14.0. The van der Waals surface area contributed by atoms with E-state index in [1.807, 2.05) is 37.3 Å². The van der Waals surface area contributed by atoms with Gasteiger partial charge in [-0.2, -0.15) is 4.98 Å².